The summed E-state index contributed by atoms with van der Waals surface area (Å²) in [6, 6.07) is 3.05. The van der Waals surface area contributed by atoms with Gasteiger partial charge in [0.2, 0.25) is 0 Å². The lowest BCUT2D eigenvalue weighted by Gasteiger charge is -2.07. The molecule has 0 unspecified atom stereocenters. The van der Waals surface area contributed by atoms with Gasteiger partial charge in [-0.25, -0.2) is 22.6 Å². The summed E-state index contributed by atoms with van der Waals surface area (Å²) < 4.78 is 38.9. The highest BCUT2D eigenvalue weighted by Gasteiger charge is 2.17. The van der Waals surface area contributed by atoms with Crippen LogP contribution >= 0.6 is 0 Å². The van der Waals surface area contributed by atoms with Crippen LogP contribution < -0.4 is 4.72 Å². The van der Waals surface area contributed by atoms with Crippen molar-refractivity contribution in [2.24, 2.45) is 0 Å². The minimum atomic E-state index is -4.09. The molecule has 0 aliphatic rings. The highest BCUT2D eigenvalue weighted by molar-refractivity contribution is 7.92. The van der Waals surface area contributed by atoms with Gasteiger partial charge in [0, 0.05) is 12.4 Å². The minimum Gasteiger partial charge on any atom is -0.478 e. The Labute approximate surface area is 113 Å². The molecule has 2 heterocycles. The van der Waals surface area contributed by atoms with Gasteiger partial charge in [0.05, 0.1) is 11.8 Å². The van der Waals surface area contributed by atoms with Crippen LogP contribution in [0, 0.1) is 5.82 Å². The molecule has 9 heteroatoms. The van der Waals surface area contributed by atoms with Crippen molar-refractivity contribution in [1.29, 1.82) is 0 Å². The first-order chi connectivity index (χ1) is 9.38. The predicted octanol–water partition coefficient (Wildman–Crippen LogP) is 1.11. The second-order valence-electron chi connectivity index (χ2n) is 3.68. The quantitative estimate of drug-likeness (QED) is 0.875. The van der Waals surface area contributed by atoms with E-state index in [1.807, 2.05) is 4.72 Å². The fraction of sp³-hybridized carbons (Fsp3) is 0. The number of carboxylic acids is 1. The van der Waals surface area contributed by atoms with Crippen LogP contribution in [0.4, 0.5) is 10.2 Å². The number of sulfonamides is 1. The molecule has 2 aromatic rings. The van der Waals surface area contributed by atoms with Crippen LogP contribution in [0.25, 0.3) is 0 Å². The van der Waals surface area contributed by atoms with E-state index in [0.29, 0.717) is 0 Å². The van der Waals surface area contributed by atoms with Gasteiger partial charge < -0.3 is 5.11 Å². The molecule has 0 bridgehead atoms. The average Bonchev–Trinajstić information content (AvgIpc) is 2.38. The Morgan fingerprint density at radius 1 is 1.30 bits per heavy atom. The van der Waals surface area contributed by atoms with Crippen molar-refractivity contribution < 1.29 is 22.7 Å². The Hall–Kier alpha value is -2.55. The predicted molar refractivity (Wildman–Crippen MR) is 66.2 cm³/mol. The standard InChI is InChI=1S/C11H8FN3O4S/c12-8-4-9(6-13-5-8)20(18,19)15-10-3-7(11(16)17)1-2-14-10/h1-6H,(H,14,15)(H,16,17). The lowest BCUT2D eigenvalue weighted by molar-refractivity contribution is 0.0697. The van der Waals surface area contributed by atoms with E-state index in [4.69, 9.17) is 5.11 Å². The van der Waals surface area contributed by atoms with Gasteiger partial charge in [0.1, 0.15) is 16.5 Å². The summed E-state index contributed by atoms with van der Waals surface area (Å²) in [7, 11) is -4.09. The van der Waals surface area contributed by atoms with E-state index in [9.17, 15) is 17.6 Å². The topological polar surface area (TPSA) is 109 Å². The Balaban J connectivity index is 2.33. The maximum Gasteiger partial charge on any atom is 0.335 e. The molecule has 0 aliphatic heterocycles. The van der Waals surface area contributed by atoms with Gasteiger partial charge in [-0.3, -0.25) is 9.71 Å². The highest BCUT2D eigenvalue weighted by atomic mass is 32.2. The van der Waals surface area contributed by atoms with Crippen LogP contribution in [0.3, 0.4) is 0 Å². The summed E-state index contributed by atoms with van der Waals surface area (Å²) in [5.74, 6) is -2.21. The molecular formula is C11H8FN3O4S. The SMILES string of the molecule is O=C(O)c1ccnc(NS(=O)(=O)c2cncc(F)c2)c1. The largest absolute Gasteiger partial charge is 0.478 e. The number of rotatable bonds is 4. The number of carbonyl (C=O) groups is 1. The van der Waals surface area contributed by atoms with E-state index >= 15 is 0 Å². The molecule has 0 spiro atoms. The molecule has 20 heavy (non-hydrogen) atoms. The molecule has 2 rings (SSSR count). The first-order valence-electron chi connectivity index (χ1n) is 5.21. The van der Waals surface area contributed by atoms with E-state index in [0.717, 1.165) is 30.7 Å². The summed E-state index contributed by atoms with van der Waals surface area (Å²) in [4.78, 5) is 17.5. The molecule has 0 aliphatic carbocycles. The van der Waals surface area contributed by atoms with Crippen molar-refractivity contribution >= 4 is 21.8 Å². The maximum atomic E-state index is 13.0. The fourth-order valence-electron chi connectivity index (χ4n) is 1.36. The number of nitrogens with one attached hydrogen (secondary N) is 1. The van der Waals surface area contributed by atoms with Crippen LogP contribution in [0.2, 0.25) is 0 Å². The molecule has 2 N–H and O–H groups in total. The molecule has 104 valence electrons. The second-order valence-corrected chi connectivity index (χ2v) is 5.36. The summed E-state index contributed by atoms with van der Waals surface area (Å²) >= 11 is 0. The van der Waals surface area contributed by atoms with Crippen molar-refractivity contribution in [1.82, 2.24) is 9.97 Å². The van der Waals surface area contributed by atoms with Gasteiger partial charge in [-0.15, -0.1) is 0 Å². The van der Waals surface area contributed by atoms with Gasteiger partial charge in [0.25, 0.3) is 10.0 Å². The number of pyridine rings is 2. The van der Waals surface area contributed by atoms with Crippen LogP contribution in [-0.2, 0) is 10.0 Å². The van der Waals surface area contributed by atoms with Crippen molar-refractivity contribution in [3.63, 3.8) is 0 Å². The van der Waals surface area contributed by atoms with Crippen LogP contribution in [-0.4, -0.2) is 29.5 Å². The molecule has 0 radical (unpaired) electrons. The van der Waals surface area contributed by atoms with E-state index in [-0.39, 0.29) is 16.3 Å². The van der Waals surface area contributed by atoms with Crippen molar-refractivity contribution in [3.8, 4) is 0 Å². The average molecular weight is 297 g/mol. The summed E-state index contributed by atoms with van der Waals surface area (Å²) in [6.07, 6.45) is 2.97. The number of carboxylic acid groups (broad SMARTS) is 1. The highest BCUT2D eigenvalue weighted by Crippen LogP contribution is 2.15. The van der Waals surface area contributed by atoms with Crippen molar-refractivity contribution in [2.45, 2.75) is 4.90 Å². The summed E-state index contributed by atoms with van der Waals surface area (Å²) in [5, 5.41) is 8.80. The molecule has 2 aromatic heterocycles. The number of hydrogen-bond donors (Lipinski definition) is 2. The number of hydrogen-bond acceptors (Lipinski definition) is 5. The van der Waals surface area contributed by atoms with E-state index < -0.39 is 21.8 Å². The number of nitrogens with zero attached hydrogens (tertiary/aromatic N) is 2. The zero-order valence-electron chi connectivity index (χ0n) is 9.82. The normalized spacial score (nSPS) is 11.1. The number of aromatic nitrogens is 2. The zero-order chi connectivity index (χ0) is 14.8. The smallest absolute Gasteiger partial charge is 0.335 e. The molecule has 0 amide bonds. The first-order valence-corrected chi connectivity index (χ1v) is 6.69. The van der Waals surface area contributed by atoms with Crippen LogP contribution in [0.1, 0.15) is 10.4 Å². The third-order valence-electron chi connectivity index (χ3n) is 2.24. The third-order valence-corrected chi connectivity index (χ3v) is 3.56. The number of aromatic carboxylic acids is 1. The van der Waals surface area contributed by atoms with Gasteiger partial charge in [0.15, 0.2) is 0 Å². The van der Waals surface area contributed by atoms with Gasteiger partial charge in [-0.05, 0) is 18.2 Å². The van der Waals surface area contributed by atoms with Gasteiger partial charge in [-0.2, -0.15) is 0 Å². The molecule has 0 fully saturated rings. The zero-order valence-corrected chi connectivity index (χ0v) is 10.6. The van der Waals surface area contributed by atoms with Gasteiger partial charge in [-0.1, -0.05) is 0 Å². The fourth-order valence-corrected chi connectivity index (χ4v) is 2.33. The Bertz CT molecular complexity index is 764. The molecule has 0 saturated carbocycles. The second kappa shape index (κ2) is 5.21. The monoisotopic (exact) mass is 297 g/mol. The first kappa shape index (κ1) is 13.9. The number of anilines is 1. The summed E-state index contributed by atoms with van der Waals surface area (Å²) in [5.41, 5.74) is -0.130. The van der Waals surface area contributed by atoms with Crippen LogP contribution in [0.15, 0.2) is 41.7 Å². The Morgan fingerprint density at radius 3 is 2.70 bits per heavy atom. The van der Waals surface area contributed by atoms with E-state index in [2.05, 4.69) is 9.97 Å². The summed E-state index contributed by atoms with van der Waals surface area (Å²) in [6.45, 7) is 0. The Kier molecular flexibility index (Phi) is 3.61. The minimum absolute atomic E-state index is 0.130. The van der Waals surface area contributed by atoms with Crippen molar-refractivity contribution in [2.75, 3.05) is 4.72 Å². The van der Waals surface area contributed by atoms with Gasteiger partial charge >= 0.3 is 5.97 Å². The van der Waals surface area contributed by atoms with Crippen molar-refractivity contribution in [3.05, 3.63) is 48.2 Å². The van der Waals surface area contributed by atoms with Crippen LogP contribution in [0.5, 0.6) is 0 Å². The number of halogens is 1. The third kappa shape index (κ3) is 3.06. The molecule has 0 aromatic carbocycles. The maximum absolute atomic E-state index is 13.0. The molecule has 7 nitrogen and oxygen atoms in total. The lowest BCUT2D eigenvalue weighted by atomic mass is 10.3. The molecular weight excluding hydrogens is 289 g/mol. The Morgan fingerprint density at radius 2 is 2.05 bits per heavy atom. The van der Waals surface area contributed by atoms with E-state index in [1.165, 1.54) is 6.07 Å². The molecule has 0 atom stereocenters. The lowest BCUT2D eigenvalue weighted by Crippen LogP contribution is -2.15. The molecule has 0 saturated heterocycles. The van der Waals surface area contributed by atoms with E-state index in [1.54, 1.807) is 0 Å².